The maximum absolute atomic E-state index is 13.6. The fourth-order valence-corrected chi connectivity index (χ4v) is 5.65. The number of aryl methyl sites for hydroxylation is 1. The van der Waals surface area contributed by atoms with E-state index in [9.17, 15) is 23.1 Å². The molecule has 1 aromatic carbocycles. The second-order valence-corrected chi connectivity index (χ2v) is 12.7. The molecule has 1 aliphatic carbocycles. The lowest BCUT2D eigenvalue weighted by Crippen LogP contribution is -2.47. The molecule has 1 aliphatic rings. The normalized spacial score (nSPS) is 16.8. The average molecular weight is 535 g/mol. The number of hydrogen-bond acceptors (Lipinski definition) is 7. The Labute approximate surface area is 219 Å². The molecular weight excluding hydrogens is 496 g/mol. The van der Waals surface area contributed by atoms with Gasteiger partial charge >= 0.3 is 6.09 Å². The van der Waals surface area contributed by atoms with E-state index < -0.39 is 39.9 Å². The largest absolute Gasteiger partial charge is 0.444 e. The summed E-state index contributed by atoms with van der Waals surface area (Å²) in [5.74, 6) is -0.331. The third-order valence-electron chi connectivity index (χ3n) is 6.47. The van der Waals surface area contributed by atoms with Crippen molar-refractivity contribution in [2.45, 2.75) is 89.0 Å². The quantitative estimate of drug-likeness (QED) is 0.489. The van der Waals surface area contributed by atoms with Crippen LogP contribution in [0.4, 0.5) is 4.79 Å². The topological polar surface area (TPSA) is 131 Å². The number of hydrogen-bond donors (Lipinski definition) is 2. The van der Waals surface area contributed by atoms with E-state index in [2.05, 4.69) is 10.4 Å². The van der Waals surface area contributed by atoms with Crippen LogP contribution in [0.1, 0.15) is 81.6 Å². The number of benzene rings is 1. The van der Waals surface area contributed by atoms with Crippen LogP contribution in [0.2, 0.25) is 0 Å². The van der Waals surface area contributed by atoms with Crippen molar-refractivity contribution in [3.05, 3.63) is 47.8 Å². The third-order valence-corrected chi connectivity index (χ3v) is 8.30. The third kappa shape index (κ3) is 7.39. The van der Waals surface area contributed by atoms with Gasteiger partial charge < -0.3 is 15.2 Å². The Kier molecular flexibility index (Phi) is 9.14. The first kappa shape index (κ1) is 28.8. The van der Waals surface area contributed by atoms with Crippen LogP contribution >= 0.6 is 0 Å². The molecule has 0 bridgehead atoms. The Balaban J connectivity index is 1.86. The first-order valence-corrected chi connectivity index (χ1v) is 14.0. The fraction of sp³-hybridized carbons (Fsp3) is 0.577. The number of carbonyl (C=O) groups excluding carboxylic acids is 2. The minimum absolute atomic E-state index is 0.0128. The molecule has 1 aromatic heterocycles. The van der Waals surface area contributed by atoms with E-state index in [4.69, 9.17) is 4.74 Å². The molecule has 11 heteroatoms. The summed E-state index contributed by atoms with van der Waals surface area (Å²) in [5, 5.41) is 17.8. The molecule has 3 rings (SSSR count). The molecule has 0 saturated heterocycles. The smallest absolute Gasteiger partial charge is 0.408 e. The van der Waals surface area contributed by atoms with Gasteiger partial charge in [-0.2, -0.15) is 14.1 Å². The number of rotatable bonds is 8. The Bertz CT molecular complexity index is 1180. The van der Waals surface area contributed by atoms with E-state index in [0.29, 0.717) is 6.42 Å². The monoisotopic (exact) mass is 534 g/mol. The van der Waals surface area contributed by atoms with Crippen LogP contribution in [0.15, 0.2) is 41.4 Å². The summed E-state index contributed by atoms with van der Waals surface area (Å²) in [4.78, 5) is 26.2. The van der Waals surface area contributed by atoms with Crippen molar-refractivity contribution in [1.82, 2.24) is 19.4 Å². The van der Waals surface area contributed by atoms with Crippen molar-refractivity contribution in [1.29, 1.82) is 0 Å². The van der Waals surface area contributed by atoms with Crippen LogP contribution in [0.5, 0.6) is 0 Å². The predicted octanol–water partition coefficient (Wildman–Crippen LogP) is 4.01. The number of alkyl carbamates (subject to hydrolysis) is 1. The van der Waals surface area contributed by atoms with Gasteiger partial charge in [-0.1, -0.05) is 49.8 Å². The lowest BCUT2D eigenvalue weighted by Gasteiger charge is -2.28. The molecule has 2 atom stereocenters. The van der Waals surface area contributed by atoms with Crippen LogP contribution in [-0.2, 0) is 14.8 Å². The summed E-state index contributed by atoms with van der Waals surface area (Å²) in [7, 11) is -2.83. The highest BCUT2D eigenvalue weighted by molar-refractivity contribution is 7.89. The number of amides is 1. The van der Waals surface area contributed by atoms with Gasteiger partial charge in [0.25, 0.3) is 5.91 Å². The van der Waals surface area contributed by atoms with Gasteiger partial charge in [-0.15, -0.1) is 0 Å². The second kappa shape index (κ2) is 11.7. The average Bonchev–Trinajstić information content (AvgIpc) is 3.32. The number of nitrogens with one attached hydrogen (secondary N) is 1. The second-order valence-electron chi connectivity index (χ2n) is 10.7. The molecule has 10 nitrogen and oxygen atoms in total. The minimum atomic E-state index is -4.06. The number of sulfonamides is 1. The van der Waals surface area contributed by atoms with Gasteiger partial charge in [-0.05, 0) is 58.2 Å². The van der Waals surface area contributed by atoms with E-state index in [1.807, 2.05) is 6.92 Å². The number of aliphatic hydroxyl groups excluding tert-OH is 1. The lowest BCUT2D eigenvalue weighted by molar-refractivity contribution is 0.0455. The summed E-state index contributed by atoms with van der Waals surface area (Å²) in [6.45, 7) is 7.04. The van der Waals surface area contributed by atoms with Crippen LogP contribution in [0, 0.1) is 12.8 Å². The highest BCUT2D eigenvalue weighted by atomic mass is 32.2. The van der Waals surface area contributed by atoms with Crippen molar-refractivity contribution in [3.8, 4) is 0 Å². The molecule has 1 saturated carbocycles. The minimum Gasteiger partial charge on any atom is -0.444 e. The molecule has 0 radical (unpaired) electrons. The number of nitrogens with zero attached hydrogens (tertiary/aromatic N) is 3. The number of ether oxygens (including phenoxy) is 1. The van der Waals surface area contributed by atoms with E-state index in [-0.39, 0.29) is 16.5 Å². The zero-order valence-electron chi connectivity index (χ0n) is 22.2. The van der Waals surface area contributed by atoms with E-state index >= 15 is 0 Å². The Morgan fingerprint density at radius 1 is 1.16 bits per heavy atom. The molecule has 0 spiro atoms. The Morgan fingerprint density at radius 3 is 2.38 bits per heavy atom. The molecule has 0 aliphatic heterocycles. The van der Waals surface area contributed by atoms with Crippen LogP contribution in [-0.4, -0.2) is 58.3 Å². The standard InChI is InChI=1S/C26H38N4O6S/c1-18-11-13-20(14-12-18)37(34,35)29(5)24(32)22-15-16-27-30(22)23(31)21(17-19-9-7-6-8-10-19)28-25(33)36-26(2,3)4/h11-16,19,21,24,32H,6-10,17H2,1-5H3,(H,28,33)/t21-,24?/m1/s1. The van der Waals surface area contributed by atoms with Crippen molar-refractivity contribution in [3.63, 3.8) is 0 Å². The first-order chi connectivity index (χ1) is 17.3. The van der Waals surface area contributed by atoms with E-state index in [0.717, 1.165) is 46.7 Å². The zero-order chi connectivity index (χ0) is 27.4. The van der Waals surface area contributed by atoms with Gasteiger partial charge in [0.15, 0.2) is 6.23 Å². The summed E-state index contributed by atoms with van der Waals surface area (Å²) < 4.78 is 33.4. The van der Waals surface area contributed by atoms with Gasteiger partial charge in [0.1, 0.15) is 11.6 Å². The van der Waals surface area contributed by atoms with Crippen LogP contribution in [0.25, 0.3) is 0 Å². The summed E-state index contributed by atoms with van der Waals surface area (Å²) in [6.07, 6.45) is 4.46. The lowest BCUT2D eigenvalue weighted by atomic mass is 9.84. The van der Waals surface area contributed by atoms with Gasteiger partial charge in [0.05, 0.1) is 10.6 Å². The summed E-state index contributed by atoms with van der Waals surface area (Å²) in [6, 6.07) is 6.68. The molecule has 1 fully saturated rings. The fourth-order valence-electron chi connectivity index (χ4n) is 4.46. The van der Waals surface area contributed by atoms with Gasteiger partial charge in [0.2, 0.25) is 10.0 Å². The van der Waals surface area contributed by atoms with Crippen molar-refractivity contribution in [2.24, 2.45) is 5.92 Å². The molecule has 1 amide bonds. The van der Waals surface area contributed by atoms with Gasteiger partial charge in [0, 0.05) is 13.2 Å². The SMILES string of the molecule is Cc1ccc(S(=O)(=O)N(C)C(O)c2ccnn2C(=O)[C@@H](CC2CCCCC2)NC(=O)OC(C)(C)C)cc1. The Morgan fingerprint density at radius 2 is 1.78 bits per heavy atom. The molecule has 2 N–H and O–H groups in total. The van der Waals surface area contributed by atoms with Crippen LogP contribution < -0.4 is 5.32 Å². The maximum atomic E-state index is 13.6. The number of aliphatic hydroxyl groups is 1. The van der Waals surface area contributed by atoms with Gasteiger partial charge in [-0.3, -0.25) is 4.79 Å². The Hall–Kier alpha value is -2.76. The summed E-state index contributed by atoms with van der Waals surface area (Å²) >= 11 is 0. The molecule has 204 valence electrons. The first-order valence-electron chi connectivity index (χ1n) is 12.6. The highest BCUT2D eigenvalue weighted by Gasteiger charge is 2.34. The van der Waals surface area contributed by atoms with Crippen molar-refractivity contribution in [2.75, 3.05) is 7.05 Å². The molecule has 2 aromatic rings. The van der Waals surface area contributed by atoms with Crippen molar-refractivity contribution >= 4 is 22.0 Å². The number of carbonyl (C=O) groups is 2. The molecule has 1 heterocycles. The van der Waals surface area contributed by atoms with Gasteiger partial charge in [-0.25, -0.2) is 13.2 Å². The van der Waals surface area contributed by atoms with E-state index in [1.54, 1.807) is 32.9 Å². The molecular formula is C26H38N4O6S. The maximum Gasteiger partial charge on any atom is 0.408 e. The molecule has 37 heavy (non-hydrogen) atoms. The van der Waals surface area contributed by atoms with Crippen molar-refractivity contribution < 1.29 is 27.9 Å². The van der Waals surface area contributed by atoms with Crippen LogP contribution in [0.3, 0.4) is 0 Å². The van der Waals surface area contributed by atoms with E-state index in [1.165, 1.54) is 31.4 Å². The highest BCUT2D eigenvalue weighted by Crippen LogP contribution is 2.29. The molecule has 1 unspecified atom stereocenters. The summed E-state index contributed by atoms with van der Waals surface area (Å²) in [5.41, 5.74) is 0.123. The number of aromatic nitrogens is 2. The predicted molar refractivity (Wildman–Crippen MR) is 138 cm³/mol. The zero-order valence-corrected chi connectivity index (χ0v) is 23.0.